The second-order valence-electron chi connectivity index (χ2n) is 4.85. The van der Waals surface area contributed by atoms with Crippen LogP contribution in [-0.2, 0) is 9.53 Å². The number of aryl methyl sites for hydroxylation is 1. The lowest BCUT2D eigenvalue weighted by Crippen LogP contribution is -2.36. The first-order chi connectivity index (χ1) is 11.0. The van der Waals surface area contributed by atoms with Crippen LogP contribution >= 0.6 is 11.8 Å². The van der Waals surface area contributed by atoms with Crippen LogP contribution in [0, 0.1) is 17.0 Å². The molecule has 0 saturated carbocycles. The van der Waals surface area contributed by atoms with Crippen LogP contribution in [0.15, 0.2) is 52.0 Å². The van der Waals surface area contributed by atoms with Gasteiger partial charge < -0.3 is 9.15 Å². The Labute approximate surface area is 138 Å². The number of nitro groups is 1. The minimum Gasteiger partial charge on any atom is -0.468 e. The summed E-state index contributed by atoms with van der Waals surface area (Å²) in [4.78, 5) is 23.7. The predicted molar refractivity (Wildman–Crippen MR) is 85.9 cm³/mol. The molecule has 122 valence electrons. The van der Waals surface area contributed by atoms with Crippen molar-refractivity contribution in [2.75, 3.05) is 6.61 Å². The van der Waals surface area contributed by atoms with Gasteiger partial charge in [-0.05, 0) is 38.1 Å². The van der Waals surface area contributed by atoms with Crippen molar-refractivity contribution in [3.8, 4) is 0 Å². The summed E-state index contributed by atoms with van der Waals surface area (Å²) in [7, 11) is 0. The molecule has 0 amide bonds. The highest BCUT2D eigenvalue weighted by atomic mass is 32.2. The average Bonchev–Trinajstić information content (AvgIpc) is 3.02. The molecular formula is C16H17NO5S. The number of nitrogens with zero attached hydrogens (tertiary/aromatic N) is 1. The summed E-state index contributed by atoms with van der Waals surface area (Å²) in [6.07, 6.45) is 1.43. The van der Waals surface area contributed by atoms with Gasteiger partial charge in [0.25, 0.3) is 0 Å². The van der Waals surface area contributed by atoms with E-state index < -0.39 is 22.2 Å². The summed E-state index contributed by atoms with van der Waals surface area (Å²) >= 11 is 1.21. The Morgan fingerprint density at radius 2 is 2.04 bits per heavy atom. The topological polar surface area (TPSA) is 82.6 Å². The molecule has 0 spiro atoms. The third kappa shape index (κ3) is 4.35. The molecule has 2 unspecified atom stereocenters. The molecular weight excluding hydrogens is 318 g/mol. The normalized spacial score (nSPS) is 13.3. The molecule has 0 bridgehead atoms. The highest BCUT2D eigenvalue weighted by molar-refractivity contribution is 7.99. The van der Waals surface area contributed by atoms with Crippen molar-refractivity contribution < 1.29 is 18.9 Å². The first-order valence-electron chi connectivity index (χ1n) is 7.09. The summed E-state index contributed by atoms with van der Waals surface area (Å²) in [5, 5.41) is 10.6. The molecule has 1 aromatic heterocycles. The largest absolute Gasteiger partial charge is 0.468 e. The molecule has 0 N–H and O–H groups in total. The molecule has 7 heteroatoms. The molecule has 0 aliphatic carbocycles. The zero-order chi connectivity index (χ0) is 16.8. The van der Waals surface area contributed by atoms with Crippen molar-refractivity contribution in [1.29, 1.82) is 0 Å². The lowest BCUT2D eigenvalue weighted by atomic mass is 10.1. The quantitative estimate of drug-likeness (QED) is 0.332. The van der Waals surface area contributed by atoms with E-state index in [2.05, 4.69) is 0 Å². The maximum Gasteiger partial charge on any atom is 0.383 e. The number of ether oxygens (including phenoxy) is 1. The molecule has 0 aliphatic rings. The van der Waals surface area contributed by atoms with E-state index >= 15 is 0 Å². The van der Waals surface area contributed by atoms with Gasteiger partial charge in [-0.1, -0.05) is 17.7 Å². The number of thioether (sulfide) groups is 1. The van der Waals surface area contributed by atoms with Gasteiger partial charge in [0.2, 0.25) is 0 Å². The zero-order valence-corrected chi connectivity index (χ0v) is 13.6. The second-order valence-corrected chi connectivity index (χ2v) is 6.06. The summed E-state index contributed by atoms with van der Waals surface area (Å²) in [6.45, 7) is 3.66. The van der Waals surface area contributed by atoms with Crippen molar-refractivity contribution in [2.24, 2.45) is 0 Å². The second kappa shape index (κ2) is 7.82. The number of carbonyl (C=O) groups excluding carboxylic acids is 1. The van der Waals surface area contributed by atoms with Crippen molar-refractivity contribution >= 4 is 17.7 Å². The van der Waals surface area contributed by atoms with Crippen LogP contribution < -0.4 is 0 Å². The zero-order valence-electron chi connectivity index (χ0n) is 12.8. The van der Waals surface area contributed by atoms with Crippen molar-refractivity contribution in [3.63, 3.8) is 0 Å². The summed E-state index contributed by atoms with van der Waals surface area (Å²) < 4.78 is 10.2. The van der Waals surface area contributed by atoms with Gasteiger partial charge in [0, 0.05) is 9.82 Å². The van der Waals surface area contributed by atoms with Crippen LogP contribution in [0.25, 0.3) is 0 Å². The Morgan fingerprint density at radius 1 is 1.35 bits per heavy atom. The van der Waals surface area contributed by atoms with Gasteiger partial charge in [-0.25, -0.2) is 4.79 Å². The molecule has 23 heavy (non-hydrogen) atoms. The Bertz CT molecular complexity index is 654. The minimum absolute atomic E-state index is 0.0866. The first kappa shape index (κ1) is 17.1. The average molecular weight is 335 g/mol. The lowest BCUT2D eigenvalue weighted by molar-refractivity contribution is -0.511. The van der Waals surface area contributed by atoms with Crippen LogP contribution in [0.3, 0.4) is 0 Å². The van der Waals surface area contributed by atoms with Gasteiger partial charge in [-0.3, -0.25) is 10.1 Å². The van der Waals surface area contributed by atoms with E-state index in [4.69, 9.17) is 9.15 Å². The van der Waals surface area contributed by atoms with Crippen LogP contribution in [0.4, 0.5) is 0 Å². The SMILES string of the molecule is CCOC(=O)C(C(Sc1ccc(C)cc1)c1ccco1)[N+](=O)[O-]. The fourth-order valence-corrected chi connectivity index (χ4v) is 3.22. The standard InChI is InChI=1S/C16H17NO5S/c1-3-21-16(18)14(17(19)20)15(13-5-4-10-22-13)23-12-8-6-11(2)7-9-12/h4-10,14-15H,3H2,1-2H3. The van der Waals surface area contributed by atoms with Gasteiger partial charge >= 0.3 is 12.0 Å². The van der Waals surface area contributed by atoms with Crippen LogP contribution in [-0.4, -0.2) is 23.5 Å². The number of hydrogen-bond donors (Lipinski definition) is 0. The van der Waals surface area contributed by atoms with Gasteiger partial charge in [0.05, 0.1) is 12.9 Å². The summed E-state index contributed by atoms with van der Waals surface area (Å²) in [5.41, 5.74) is 1.08. The number of hydrogen-bond acceptors (Lipinski definition) is 6. The number of carbonyl (C=O) groups is 1. The first-order valence-corrected chi connectivity index (χ1v) is 7.97. The third-order valence-electron chi connectivity index (χ3n) is 3.15. The molecule has 2 atom stereocenters. The van der Waals surface area contributed by atoms with Crippen LogP contribution in [0.2, 0.25) is 0 Å². The number of furan rings is 1. The summed E-state index contributed by atoms with van der Waals surface area (Å²) in [5.74, 6) is -0.496. The van der Waals surface area contributed by atoms with Crippen LogP contribution in [0.1, 0.15) is 23.5 Å². The minimum atomic E-state index is -1.53. The van der Waals surface area contributed by atoms with Gasteiger partial charge in [0.1, 0.15) is 11.0 Å². The van der Waals surface area contributed by atoms with Gasteiger partial charge in [-0.15, -0.1) is 11.8 Å². The molecule has 6 nitrogen and oxygen atoms in total. The maximum atomic E-state index is 12.0. The molecule has 0 aliphatic heterocycles. The fourth-order valence-electron chi connectivity index (χ4n) is 2.04. The Kier molecular flexibility index (Phi) is 5.81. The smallest absolute Gasteiger partial charge is 0.383 e. The monoisotopic (exact) mass is 335 g/mol. The van der Waals surface area contributed by atoms with Gasteiger partial charge in [-0.2, -0.15) is 0 Å². The third-order valence-corrected chi connectivity index (χ3v) is 4.44. The molecule has 2 rings (SSSR count). The van der Waals surface area contributed by atoms with E-state index in [1.807, 2.05) is 31.2 Å². The van der Waals surface area contributed by atoms with E-state index in [0.29, 0.717) is 5.76 Å². The van der Waals surface area contributed by atoms with Crippen molar-refractivity contribution in [1.82, 2.24) is 0 Å². The fraction of sp³-hybridized carbons (Fsp3) is 0.312. The number of rotatable bonds is 7. The number of benzene rings is 1. The van der Waals surface area contributed by atoms with Crippen LogP contribution in [0.5, 0.6) is 0 Å². The Balaban J connectivity index is 2.34. The molecule has 1 aromatic carbocycles. The number of esters is 1. The molecule has 0 saturated heterocycles. The van der Waals surface area contributed by atoms with Gasteiger partial charge in [0.15, 0.2) is 0 Å². The molecule has 2 aromatic rings. The van der Waals surface area contributed by atoms with E-state index in [0.717, 1.165) is 10.5 Å². The van der Waals surface area contributed by atoms with Crippen molar-refractivity contribution in [2.45, 2.75) is 30.0 Å². The lowest BCUT2D eigenvalue weighted by Gasteiger charge is -2.17. The molecule has 0 fully saturated rings. The van der Waals surface area contributed by atoms with E-state index in [1.54, 1.807) is 19.1 Å². The summed E-state index contributed by atoms with van der Waals surface area (Å²) in [6, 6.07) is 9.27. The van der Waals surface area contributed by atoms with Crippen molar-refractivity contribution in [3.05, 3.63) is 64.1 Å². The van der Waals surface area contributed by atoms with E-state index in [1.165, 1.54) is 18.0 Å². The molecule has 1 heterocycles. The predicted octanol–water partition coefficient (Wildman–Crippen LogP) is 3.63. The van der Waals surface area contributed by atoms with E-state index in [9.17, 15) is 14.9 Å². The molecule has 0 radical (unpaired) electrons. The van der Waals surface area contributed by atoms with E-state index in [-0.39, 0.29) is 6.61 Å². The highest BCUT2D eigenvalue weighted by Gasteiger charge is 2.43. The maximum absolute atomic E-state index is 12.0. The highest BCUT2D eigenvalue weighted by Crippen LogP contribution is 2.39. The Morgan fingerprint density at radius 3 is 2.57 bits per heavy atom. The Hall–Kier alpha value is -2.28.